The van der Waals surface area contributed by atoms with Gasteiger partial charge in [-0.25, -0.2) is 10.2 Å². The Kier molecular flexibility index (Phi) is 9.67. The molecule has 5 aromatic rings. The number of carbonyl (C=O) groups excluding carboxylic acids is 3. The minimum absolute atomic E-state index is 0.164. The van der Waals surface area contributed by atoms with Gasteiger partial charge in [0.1, 0.15) is 11.4 Å². The van der Waals surface area contributed by atoms with Crippen molar-refractivity contribution < 1.29 is 28.6 Å². The van der Waals surface area contributed by atoms with Gasteiger partial charge in [0, 0.05) is 47.6 Å². The molecule has 0 atom stereocenters. The van der Waals surface area contributed by atoms with E-state index in [1.165, 1.54) is 38.4 Å². The Labute approximate surface area is 278 Å². The van der Waals surface area contributed by atoms with Crippen molar-refractivity contribution in [2.75, 3.05) is 7.11 Å². The third kappa shape index (κ3) is 6.95. The molecule has 0 radical (unpaired) electrons. The lowest BCUT2D eigenvalue weighted by Gasteiger charge is -2.11. The van der Waals surface area contributed by atoms with Crippen molar-refractivity contribution in [1.82, 2.24) is 10.4 Å². The molecule has 0 saturated carbocycles. The second-order valence-corrected chi connectivity index (χ2v) is 11.8. The van der Waals surface area contributed by atoms with Crippen molar-refractivity contribution in [3.05, 3.63) is 109 Å². The highest BCUT2D eigenvalue weighted by Gasteiger charge is 2.21. The van der Waals surface area contributed by atoms with E-state index in [9.17, 15) is 14.4 Å². The molecular formula is C32H22BrClIN3O6. The number of aromatic amines is 1. The zero-order valence-corrected chi connectivity index (χ0v) is 27.6. The molecule has 5 rings (SSSR count). The fourth-order valence-corrected chi connectivity index (χ4v) is 5.50. The van der Waals surface area contributed by atoms with Gasteiger partial charge in [-0.1, -0.05) is 45.7 Å². The zero-order chi connectivity index (χ0) is 31.4. The molecule has 2 N–H and O–H groups in total. The number of nitrogens with zero attached hydrogens (tertiary/aromatic N) is 1. The van der Waals surface area contributed by atoms with Crippen LogP contribution in [-0.2, 0) is 4.79 Å². The summed E-state index contributed by atoms with van der Waals surface area (Å²) in [5, 5.41) is 5.50. The average Bonchev–Trinajstić information content (AvgIpc) is 3.37. The molecule has 44 heavy (non-hydrogen) atoms. The van der Waals surface area contributed by atoms with Crippen LogP contribution >= 0.6 is 50.1 Å². The number of esters is 2. The monoisotopic (exact) mass is 785 g/mol. The first-order chi connectivity index (χ1) is 21.1. The predicted molar refractivity (Wildman–Crippen MR) is 180 cm³/mol. The van der Waals surface area contributed by atoms with Crippen LogP contribution in [0.2, 0.25) is 5.02 Å². The Hall–Kier alpha value is -4.20. The van der Waals surface area contributed by atoms with E-state index in [4.69, 9.17) is 25.8 Å². The molecule has 0 unspecified atom stereocenters. The number of hydrogen-bond donors (Lipinski definition) is 2. The number of benzene rings is 4. The molecule has 0 aliphatic heterocycles. The van der Waals surface area contributed by atoms with E-state index in [0.29, 0.717) is 31.9 Å². The van der Waals surface area contributed by atoms with Gasteiger partial charge in [-0.15, -0.1) is 0 Å². The number of rotatable bonds is 8. The highest BCUT2D eigenvalue weighted by Crippen LogP contribution is 2.37. The third-order valence-corrected chi connectivity index (χ3v) is 7.82. The molecule has 222 valence electrons. The normalized spacial score (nSPS) is 11.0. The van der Waals surface area contributed by atoms with Gasteiger partial charge in [0.05, 0.1) is 18.9 Å². The fourth-order valence-electron chi connectivity index (χ4n) is 4.40. The van der Waals surface area contributed by atoms with Crippen molar-refractivity contribution in [2.24, 2.45) is 5.10 Å². The first-order valence-corrected chi connectivity index (χ1v) is 15.2. The quantitative estimate of drug-likeness (QED) is 0.0546. The second-order valence-electron chi connectivity index (χ2n) is 9.27. The van der Waals surface area contributed by atoms with Crippen molar-refractivity contribution >= 4 is 85.1 Å². The summed E-state index contributed by atoms with van der Waals surface area (Å²) in [5.41, 5.74) is 5.56. The predicted octanol–water partition coefficient (Wildman–Crippen LogP) is 7.77. The van der Waals surface area contributed by atoms with Crippen molar-refractivity contribution in [3.63, 3.8) is 0 Å². The largest absolute Gasteiger partial charge is 0.493 e. The molecule has 1 heterocycles. The lowest BCUT2D eigenvalue weighted by molar-refractivity contribution is -0.132. The maximum absolute atomic E-state index is 13.4. The molecule has 0 aliphatic carbocycles. The van der Waals surface area contributed by atoms with Gasteiger partial charge in [0.15, 0.2) is 11.5 Å². The van der Waals surface area contributed by atoms with Crippen LogP contribution in [0.1, 0.15) is 33.3 Å². The van der Waals surface area contributed by atoms with Gasteiger partial charge in [-0.05, 0) is 83.3 Å². The van der Waals surface area contributed by atoms with Crippen LogP contribution in [0.15, 0.2) is 88.4 Å². The lowest BCUT2D eigenvalue weighted by Crippen LogP contribution is -2.19. The molecule has 4 aromatic carbocycles. The van der Waals surface area contributed by atoms with Gasteiger partial charge in [0.25, 0.3) is 5.91 Å². The molecule has 1 amide bonds. The number of methoxy groups -OCH3 is 1. The first-order valence-electron chi connectivity index (χ1n) is 12.9. The van der Waals surface area contributed by atoms with Crippen LogP contribution in [-0.4, -0.2) is 36.2 Å². The molecule has 9 nitrogen and oxygen atoms in total. The molecule has 0 saturated heterocycles. The molecular weight excluding hydrogens is 765 g/mol. The molecule has 0 bridgehead atoms. The van der Waals surface area contributed by atoms with Gasteiger partial charge in [-0.2, -0.15) is 5.10 Å². The van der Waals surface area contributed by atoms with E-state index in [-0.39, 0.29) is 22.8 Å². The fraction of sp³-hybridized carbons (Fsp3) is 0.0625. The Morgan fingerprint density at radius 1 is 0.955 bits per heavy atom. The number of carbonyl (C=O) groups is 3. The standard InChI is InChI=1S/C32H22BrClIN3O6/c1-17(39)43-27-11-7-18(14-28(27)42-2)32(41)44-26-12-8-20(33)13-19(26)16-36-38-31(40)30-29(22-5-3-4-6-24(22)34)23-15-21(35)9-10-25(23)37-30/h3-16,37H,1-2H3,(H,38,40). The molecule has 0 fully saturated rings. The number of nitrogens with one attached hydrogen (secondary N) is 2. The van der Waals surface area contributed by atoms with Crippen LogP contribution in [0.3, 0.4) is 0 Å². The lowest BCUT2D eigenvalue weighted by atomic mass is 10.0. The summed E-state index contributed by atoms with van der Waals surface area (Å²) < 4.78 is 17.7. The van der Waals surface area contributed by atoms with Crippen LogP contribution in [0.25, 0.3) is 22.0 Å². The summed E-state index contributed by atoms with van der Waals surface area (Å²) in [6.07, 6.45) is 1.37. The Bertz CT molecular complexity index is 1960. The van der Waals surface area contributed by atoms with E-state index < -0.39 is 17.8 Å². The number of ether oxygens (including phenoxy) is 3. The Morgan fingerprint density at radius 2 is 1.73 bits per heavy atom. The minimum atomic E-state index is -0.684. The van der Waals surface area contributed by atoms with E-state index in [2.05, 4.69) is 54.0 Å². The van der Waals surface area contributed by atoms with Gasteiger partial charge < -0.3 is 19.2 Å². The number of hydrazone groups is 1. The van der Waals surface area contributed by atoms with Crippen LogP contribution < -0.4 is 19.6 Å². The number of H-pyrrole nitrogens is 1. The average molecular weight is 787 g/mol. The van der Waals surface area contributed by atoms with Crippen LogP contribution in [0, 0.1) is 3.57 Å². The minimum Gasteiger partial charge on any atom is -0.493 e. The van der Waals surface area contributed by atoms with Crippen molar-refractivity contribution in [3.8, 4) is 28.4 Å². The molecule has 1 aromatic heterocycles. The number of fused-ring (bicyclic) bond motifs is 1. The van der Waals surface area contributed by atoms with Gasteiger partial charge in [0.2, 0.25) is 0 Å². The Morgan fingerprint density at radius 3 is 2.48 bits per heavy atom. The first kappa shape index (κ1) is 31.2. The summed E-state index contributed by atoms with van der Waals surface area (Å²) in [6, 6.07) is 22.4. The van der Waals surface area contributed by atoms with Crippen LogP contribution in [0.4, 0.5) is 0 Å². The van der Waals surface area contributed by atoms with Crippen molar-refractivity contribution in [2.45, 2.75) is 6.92 Å². The second kappa shape index (κ2) is 13.6. The number of aromatic nitrogens is 1. The maximum atomic E-state index is 13.4. The Balaban J connectivity index is 1.40. The third-order valence-electron chi connectivity index (χ3n) is 6.33. The topological polar surface area (TPSA) is 119 Å². The zero-order valence-electron chi connectivity index (χ0n) is 23.1. The van der Waals surface area contributed by atoms with Crippen LogP contribution in [0.5, 0.6) is 17.2 Å². The number of halogens is 3. The van der Waals surface area contributed by atoms with Gasteiger partial charge in [-0.3, -0.25) is 9.59 Å². The highest BCUT2D eigenvalue weighted by molar-refractivity contribution is 14.1. The summed E-state index contributed by atoms with van der Waals surface area (Å²) in [4.78, 5) is 41.0. The highest BCUT2D eigenvalue weighted by atomic mass is 127. The summed E-state index contributed by atoms with van der Waals surface area (Å²) in [7, 11) is 1.39. The van der Waals surface area contributed by atoms with E-state index >= 15 is 0 Å². The van der Waals surface area contributed by atoms with Gasteiger partial charge >= 0.3 is 11.9 Å². The van der Waals surface area contributed by atoms with Crippen molar-refractivity contribution in [1.29, 1.82) is 0 Å². The maximum Gasteiger partial charge on any atom is 0.343 e. The van der Waals surface area contributed by atoms with E-state index in [1.54, 1.807) is 24.3 Å². The molecule has 0 spiro atoms. The number of amides is 1. The smallest absolute Gasteiger partial charge is 0.343 e. The molecule has 0 aliphatic rings. The summed E-state index contributed by atoms with van der Waals surface area (Å²) in [6.45, 7) is 1.26. The summed E-state index contributed by atoms with van der Waals surface area (Å²) in [5.74, 6) is -1.14. The van der Waals surface area contributed by atoms with E-state index in [0.717, 1.165) is 14.5 Å². The number of hydrogen-bond acceptors (Lipinski definition) is 7. The SMILES string of the molecule is COc1cc(C(=O)Oc2ccc(Br)cc2C=NNC(=O)c2[nH]c3ccc(I)cc3c2-c2ccccc2Cl)ccc1OC(C)=O. The molecule has 12 heteroatoms. The summed E-state index contributed by atoms with van der Waals surface area (Å²) >= 11 is 12.2. The van der Waals surface area contributed by atoms with E-state index in [1.807, 2.05) is 36.4 Å².